The van der Waals surface area contributed by atoms with Crippen molar-refractivity contribution in [3.8, 4) is 0 Å². The first-order valence-corrected chi connectivity index (χ1v) is 7.72. The molecule has 0 bridgehead atoms. The van der Waals surface area contributed by atoms with E-state index in [9.17, 15) is 13.2 Å². The average molecular weight is 307 g/mol. The quantitative estimate of drug-likeness (QED) is 0.747. The molecule has 0 unspecified atom stereocenters. The SMILES string of the molecule is CCN(C)S(=O)(=O)c1nnc(N(C)C(=O)N(C)C)s1. The average Bonchev–Trinajstić information content (AvgIpc) is 2.85. The summed E-state index contributed by atoms with van der Waals surface area (Å²) in [7, 11) is 2.56. The van der Waals surface area contributed by atoms with Crippen molar-refractivity contribution >= 4 is 32.5 Å². The molecule has 1 heterocycles. The highest BCUT2D eigenvalue weighted by Gasteiger charge is 2.26. The molecule has 0 N–H and O–H groups in total. The Kier molecular flexibility index (Phi) is 4.82. The zero-order chi connectivity index (χ0) is 14.8. The van der Waals surface area contributed by atoms with E-state index in [1.54, 1.807) is 21.0 Å². The van der Waals surface area contributed by atoms with E-state index in [0.29, 0.717) is 6.54 Å². The van der Waals surface area contributed by atoms with E-state index in [1.165, 1.54) is 28.2 Å². The summed E-state index contributed by atoms with van der Waals surface area (Å²) in [5, 5.41) is 7.63. The maximum atomic E-state index is 12.0. The summed E-state index contributed by atoms with van der Waals surface area (Å²) in [5.41, 5.74) is 0. The van der Waals surface area contributed by atoms with Crippen LogP contribution in [-0.4, -0.2) is 68.6 Å². The van der Waals surface area contributed by atoms with Crippen LogP contribution in [-0.2, 0) is 10.0 Å². The van der Waals surface area contributed by atoms with Gasteiger partial charge in [0.2, 0.25) is 9.47 Å². The van der Waals surface area contributed by atoms with Crippen LogP contribution in [0.1, 0.15) is 6.92 Å². The van der Waals surface area contributed by atoms with Gasteiger partial charge in [0.15, 0.2) is 0 Å². The Balaban J connectivity index is 3.04. The topological polar surface area (TPSA) is 86.7 Å². The Labute approximate surface area is 116 Å². The zero-order valence-corrected chi connectivity index (χ0v) is 13.1. The van der Waals surface area contributed by atoms with Gasteiger partial charge in [-0.1, -0.05) is 18.3 Å². The lowest BCUT2D eigenvalue weighted by Gasteiger charge is -2.18. The van der Waals surface area contributed by atoms with Crippen LogP contribution in [0.3, 0.4) is 0 Å². The van der Waals surface area contributed by atoms with Crippen LogP contribution in [0.4, 0.5) is 9.93 Å². The monoisotopic (exact) mass is 307 g/mol. The van der Waals surface area contributed by atoms with Gasteiger partial charge >= 0.3 is 6.03 Å². The fourth-order valence-corrected chi connectivity index (χ4v) is 3.44. The van der Waals surface area contributed by atoms with Crippen molar-refractivity contribution in [3.05, 3.63) is 0 Å². The minimum atomic E-state index is -3.62. The molecule has 0 atom stereocenters. The largest absolute Gasteiger partial charge is 0.330 e. The summed E-state index contributed by atoms with van der Waals surface area (Å²) in [5.74, 6) is 0. The Bertz CT molecular complexity index is 554. The Morgan fingerprint density at radius 2 is 1.79 bits per heavy atom. The molecule has 0 saturated heterocycles. The van der Waals surface area contributed by atoms with Crippen molar-refractivity contribution in [2.45, 2.75) is 11.3 Å². The summed E-state index contributed by atoms with van der Waals surface area (Å²) in [6, 6.07) is -0.302. The molecular formula is C9H17N5O3S2. The maximum Gasteiger partial charge on any atom is 0.325 e. The minimum absolute atomic E-state index is 0.120. The summed E-state index contributed by atoms with van der Waals surface area (Å²) < 4.78 is 25.1. The first-order chi connectivity index (χ1) is 8.71. The minimum Gasteiger partial charge on any atom is -0.330 e. The van der Waals surface area contributed by atoms with E-state index < -0.39 is 10.0 Å². The molecule has 0 aliphatic heterocycles. The van der Waals surface area contributed by atoms with Gasteiger partial charge in [0, 0.05) is 34.7 Å². The highest BCUT2D eigenvalue weighted by molar-refractivity contribution is 7.91. The first kappa shape index (κ1) is 15.8. The van der Waals surface area contributed by atoms with Crippen LogP contribution in [0.5, 0.6) is 0 Å². The van der Waals surface area contributed by atoms with Crippen molar-refractivity contribution in [1.29, 1.82) is 0 Å². The normalized spacial score (nSPS) is 11.7. The molecule has 0 aliphatic carbocycles. The molecule has 8 nitrogen and oxygen atoms in total. The van der Waals surface area contributed by atoms with Crippen LogP contribution < -0.4 is 4.90 Å². The van der Waals surface area contributed by atoms with Crippen LogP contribution in [0.2, 0.25) is 0 Å². The van der Waals surface area contributed by atoms with Crippen LogP contribution >= 0.6 is 11.3 Å². The van der Waals surface area contributed by atoms with E-state index in [1.807, 2.05) is 0 Å². The number of hydrogen-bond acceptors (Lipinski definition) is 6. The fraction of sp³-hybridized carbons (Fsp3) is 0.667. The molecule has 0 spiro atoms. The van der Waals surface area contributed by atoms with E-state index in [0.717, 1.165) is 11.3 Å². The third-order valence-corrected chi connectivity index (χ3v) is 5.71. The van der Waals surface area contributed by atoms with Gasteiger partial charge in [-0.05, 0) is 0 Å². The van der Waals surface area contributed by atoms with Crippen LogP contribution in [0, 0.1) is 0 Å². The molecule has 0 saturated carbocycles. The molecule has 0 fully saturated rings. The molecule has 1 aromatic rings. The van der Waals surface area contributed by atoms with Crippen LogP contribution in [0.15, 0.2) is 4.34 Å². The smallest absolute Gasteiger partial charge is 0.325 e. The van der Waals surface area contributed by atoms with E-state index in [4.69, 9.17) is 0 Å². The van der Waals surface area contributed by atoms with Crippen molar-refractivity contribution < 1.29 is 13.2 Å². The number of urea groups is 1. The molecule has 19 heavy (non-hydrogen) atoms. The lowest BCUT2D eigenvalue weighted by atomic mass is 10.7. The third-order valence-electron chi connectivity index (χ3n) is 2.43. The van der Waals surface area contributed by atoms with Gasteiger partial charge < -0.3 is 4.90 Å². The lowest BCUT2D eigenvalue weighted by Crippen LogP contribution is -2.36. The van der Waals surface area contributed by atoms with Gasteiger partial charge in [-0.25, -0.2) is 13.2 Å². The van der Waals surface area contributed by atoms with Crippen molar-refractivity contribution in [2.75, 3.05) is 39.6 Å². The number of rotatable bonds is 4. The fourth-order valence-electron chi connectivity index (χ4n) is 1.13. The van der Waals surface area contributed by atoms with Gasteiger partial charge in [0.05, 0.1) is 0 Å². The van der Waals surface area contributed by atoms with Gasteiger partial charge in [0.1, 0.15) is 0 Å². The second-order valence-electron chi connectivity index (χ2n) is 4.01. The summed E-state index contributed by atoms with van der Waals surface area (Å²) >= 11 is 0.864. The summed E-state index contributed by atoms with van der Waals surface area (Å²) in [4.78, 5) is 14.3. The summed E-state index contributed by atoms with van der Waals surface area (Å²) in [6.07, 6.45) is 0. The lowest BCUT2D eigenvalue weighted by molar-refractivity contribution is 0.225. The number of aromatic nitrogens is 2. The third kappa shape index (κ3) is 3.19. The molecule has 10 heteroatoms. The second-order valence-corrected chi connectivity index (χ2v) is 7.18. The van der Waals surface area contributed by atoms with Gasteiger partial charge in [-0.2, -0.15) is 4.31 Å². The number of nitrogens with zero attached hydrogens (tertiary/aromatic N) is 5. The number of hydrogen-bond donors (Lipinski definition) is 0. The van der Waals surface area contributed by atoms with Crippen molar-refractivity contribution in [2.24, 2.45) is 0 Å². The first-order valence-electron chi connectivity index (χ1n) is 5.46. The predicted molar refractivity (Wildman–Crippen MR) is 72.9 cm³/mol. The molecule has 2 amide bonds. The Morgan fingerprint density at radius 1 is 1.21 bits per heavy atom. The van der Waals surface area contributed by atoms with E-state index >= 15 is 0 Å². The Hall–Kier alpha value is -1.26. The molecular weight excluding hydrogens is 290 g/mol. The zero-order valence-electron chi connectivity index (χ0n) is 11.5. The number of carbonyl (C=O) groups excluding carboxylic acids is 1. The van der Waals surface area contributed by atoms with Gasteiger partial charge in [-0.3, -0.25) is 4.90 Å². The highest BCUT2D eigenvalue weighted by atomic mass is 32.2. The van der Waals surface area contributed by atoms with Crippen molar-refractivity contribution in [3.63, 3.8) is 0 Å². The second kappa shape index (κ2) is 5.80. The Morgan fingerprint density at radius 3 is 2.26 bits per heavy atom. The molecule has 0 aromatic carbocycles. The number of amides is 2. The number of anilines is 1. The molecule has 0 radical (unpaired) electrons. The van der Waals surface area contributed by atoms with Gasteiger partial charge in [-0.15, -0.1) is 10.2 Å². The molecule has 1 aromatic heterocycles. The van der Waals surface area contributed by atoms with E-state index in [-0.39, 0.29) is 15.5 Å². The van der Waals surface area contributed by atoms with E-state index in [2.05, 4.69) is 10.2 Å². The van der Waals surface area contributed by atoms with Crippen LogP contribution in [0.25, 0.3) is 0 Å². The molecule has 1 rings (SSSR count). The van der Waals surface area contributed by atoms with Crippen molar-refractivity contribution in [1.82, 2.24) is 19.4 Å². The number of sulfonamides is 1. The van der Waals surface area contributed by atoms with Gasteiger partial charge in [0.25, 0.3) is 10.0 Å². The molecule has 108 valence electrons. The number of carbonyl (C=O) groups is 1. The standard InChI is InChI=1S/C9H17N5O3S2/c1-6-13(4)19(16,17)8-11-10-7(18-8)14(5)9(15)12(2)3/h6H2,1-5H3. The molecule has 0 aliphatic rings. The maximum absolute atomic E-state index is 12.0. The highest BCUT2D eigenvalue weighted by Crippen LogP contribution is 2.25. The summed E-state index contributed by atoms with van der Waals surface area (Å²) in [6.45, 7) is 2.06. The predicted octanol–water partition coefficient (Wildman–Crippen LogP) is 0.296.